The van der Waals surface area contributed by atoms with Crippen molar-refractivity contribution in [2.24, 2.45) is 5.73 Å². The molecule has 5 nitrogen and oxygen atoms in total. The minimum atomic E-state index is -4.72. The number of hydrogen-bond donors (Lipinski definition) is 1. The summed E-state index contributed by atoms with van der Waals surface area (Å²) in [6, 6.07) is 4.94. The summed E-state index contributed by atoms with van der Waals surface area (Å²) in [5, 5.41) is 0. The average molecular weight is 285 g/mol. The van der Waals surface area contributed by atoms with Crippen LogP contribution in [0.1, 0.15) is 5.69 Å². The van der Waals surface area contributed by atoms with E-state index in [0.29, 0.717) is 11.4 Å². The normalized spacial score (nSPS) is 11.2. The maximum absolute atomic E-state index is 12.0. The van der Waals surface area contributed by atoms with Gasteiger partial charge >= 0.3 is 6.36 Å². The molecule has 0 radical (unpaired) electrons. The largest absolute Gasteiger partial charge is 0.573 e. The van der Waals surface area contributed by atoms with Gasteiger partial charge in [-0.3, -0.25) is 4.98 Å². The van der Waals surface area contributed by atoms with E-state index in [1.807, 2.05) is 0 Å². The number of halogens is 3. The topological polar surface area (TPSA) is 70.3 Å². The lowest BCUT2D eigenvalue weighted by molar-refractivity contribution is -0.274. The van der Waals surface area contributed by atoms with Crippen molar-refractivity contribution in [2.45, 2.75) is 12.9 Å². The van der Waals surface area contributed by atoms with Crippen molar-refractivity contribution in [1.29, 1.82) is 0 Å². The minimum absolute atomic E-state index is 0.137. The highest BCUT2D eigenvalue weighted by Gasteiger charge is 2.30. The van der Waals surface area contributed by atoms with Gasteiger partial charge in [0.1, 0.15) is 17.2 Å². The third-order valence-electron chi connectivity index (χ3n) is 2.20. The zero-order valence-corrected chi connectivity index (χ0v) is 10.1. The van der Waals surface area contributed by atoms with Crippen molar-refractivity contribution in [1.82, 2.24) is 9.97 Å². The van der Waals surface area contributed by atoms with Crippen LogP contribution in [0, 0.1) is 0 Å². The molecule has 0 amide bonds. The van der Waals surface area contributed by atoms with Crippen molar-refractivity contribution < 1.29 is 22.6 Å². The number of nitrogens with two attached hydrogens (primary N) is 1. The molecule has 0 aliphatic rings. The van der Waals surface area contributed by atoms with Crippen molar-refractivity contribution in [3.8, 4) is 17.4 Å². The molecule has 0 saturated heterocycles. The Kier molecular flexibility index (Phi) is 4.04. The Balaban J connectivity index is 2.11. The summed E-state index contributed by atoms with van der Waals surface area (Å²) in [5.41, 5.74) is 5.92. The van der Waals surface area contributed by atoms with Gasteiger partial charge in [-0.05, 0) is 24.3 Å². The van der Waals surface area contributed by atoms with Gasteiger partial charge in [-0.1, -0.05) is 0 Å². The van der Waals surface area contributed by atoms with Gasteiger partial charge in [-0.15, -0.1) is 13.2 Å². The highest BCUT2D eigenvalue weighted by atomic mass is 19.4. The van der Waals surface area contributed by atoms with E-state index in [4.69, 9.17) is 10.5 Å². The van der Waals surface area contributed by atoms with Crippen LogP contribution in [0.4, 0.5) is 13.2 Å². The molecular weight excluding hydrogens is 275 g/mol. The fraction of sp³-hybridized carbons (Fsp3) is 0.167. The molecule has 1 aromatic heterocycles. The highest BCUT2D eigenvalue weighted by Crippen LogP contribution is 2.27. The van der Waals surface area contributed by atoms with E-state index in [-0.39, 0.29) is 18.2 Å². The molecule has 0 unspecified atom stereocenters. The first kappa shape index (κ1) is 14.1. The number of rotatable bonds is 4. The zero-order valence-electron chi connectivity index (χ0n) is 10.1. The quantitative estimate of drug-likeness (QED) is 0.935. The number of ether oxygens (including phenoxy) is 2. The van der Waals surface area contributed by atoms with E-state index in [1.54, 1.807) is 0 Å². The summed E-state index contributed by atoms with van der Waals surface area (Å²) in [6.45, 7) is 0.137. The summed E-state index contributed by atoms with van der Waals surface area (Å²) >= 11 is 0. The summed E-state index contributed by atoms with van der Waals surface area (Å²) in [4.78, 5) is 7.92. The van der Waals surface area contributed by atoms with Crippen LogP contribution in [0.5, 0.6) is 17.4 Å². The minimum Gasteiger partial charge on any atom is -0.437 e. The molecule has 0 fully saturated rings. The van der Waals surface area contributed by atoms with Gasteiger partial charge in [-0.25, -0.2) is 4.98 Å². The van der Waals surface area contributed by atoms with Crippen LogP contribution in [0.2, 0.25) is 0 Å². The van der Waals surface area contributed by atoms with Gasteiger partial charge in [0.05, 0.1) is 0 Å². The molecule has 1 heterocycles. The standard InChI is InChI=1S/C12H10F3N3O2/c13-12(14,15)20-9-3-1-8(2-4-9)19-11-10(7-16)17-5-6-18-11/h1-6H,7,16H2. The van der Waals surface area contributed by atoms with Gasteiger partial charge in [0.25, 0.3) is 0 Å². The first-order valence-electron chi connectivity index (χ1n) is 5.51. The van der Waals surface area contributed by atoms with Gasteiger partial charge in [0.2, 0.25) is 5.88 Å². The van der Waals surface area contributed by atoms with Gasteiger partial charge in [-0.2, -0.15) is 0 Å². The van der Waals surface area contributed by atoms with E-state index < -0.39 is 6.36 Å². The van der Waals surface area contributed by atoms with Crippen LogP contribution in [0.15, 0.2) is 36.7 Å². The molecule has 20 heavy (non-hydrogen) atoms. The highest BCUT2D eigenvalue weighted by molar-refractivity contribution is 5.34. The Morgan fingerprint density at radius 3 is 2.20 bits per heavy atom. The lowest BCUT2D eigenvalue weighted by Crippen LogP contribution is -2.16. The predicted octanol–water partition coefficient (Wildman–Crippen LogP) is 2.63. The number of nitrogens with zero attached hydrogens (tertiary/aromatic N) is 2. The molecule has 106 valence electrons. The predicted molar refractivity (Wildman–Crippen MR) is 63.1 cm³/mol. The van der Waals surface area contributed by atoms with Gasteiger partial charge < -0.3 is 15.2 Å². The number of alkyl halides is 3. The van der Waals surface area contributed by atoms with Crippen LogP contribution >= 0.6 is 0 Å². The average Bonchev–Trinajstić information content (AvgIpc) is 2.40. The Labute approximate surface area is 112 Å². The summed E-state index contributed by atoms with van der Waals surface area (Å²) in [7, 11) is 0. The Morgan fingerprint density at radius 2 is 1.60 bits per heavy atom. The van der Waals surface area contributed by atoms with Crippen molar-refractivity contribution in [3.05, 3.63) is 42.4 Å². The molecular formula is C12H10F3N3O2. The van der Waals surface area contributed by atoms with E-state index in [9.17, 15) is 13.2 Å². The van der Waals surface area contributed by atoms with E-state index in [0.717, 1.165) is 12.1 Å². The van der Waals surface area contributed by atoms with Crippen LogP contribution < -0.4 is 15.2 Å². The summed E-state index contributed by atoms with van der Waals surface area (Å²) in [6.07, 6.45) is -1.83. The van der Waals surface area contributed by atoms with Crippen LogP contribution in [-0.4, -0.2) is 16.3 Å². The number of hydrogen-bond acceptors (Lipinski definition) is 5. The zero-order chi connectivity index (χ0) is 14.6. The molecule has 1 aromatic carbocycles. The lowest BCUT2D eigenvalue weighted by Gasteiger charge is -2.10. The fourth-order valence-corrected chi connectivity index (χ4v) is 1.40. The molecule has 0 aliphatic heterocycles. The molecule has 0 spiro atoms. The van der Waals surface area contributed by atoms with Crippen LogP contribution in [-0.2, 0) is 6.54 Å². The second-order valence-corrected chi connectivity index (χ2v) is 3.63. The Hall–Kier alpha value is -2.35. The second kappa shape index (κ2) is 5.74. The molecule has 2 aromatic rings. The van der Waals surface area contributed by atoms with Crippen molar-refractivity contribution >= 4 is 0 Å². The second-order valence-electron chi connectivity index (χ2n) is 3.63. The molecule has 0 aliphatic carbocycles. The number of benzene rings is 1. The van der Waals surface area contributed by atoms with Gasteiger partial charge in [0.15, 0.2) is 0 Å². The molecule has 2 N–H and O–H groups in total. The Morgan fingerprint density at radius 1 is 1.00 bits per heavy atom. The molecule has 8 heteroatoms. The third kappa shape index (κ3) is 3.82. The van der Waals surface area contributed by atoms with Crippen LogP contribution in [0.3, 0.4) is 0 Å². The van der Waals surface area contributed by atoms with Crippen LogP contribution in [0.25, 0.3) is 0 Å². The monoisotopic (exact) mass is 285 g/mol. The molecule has 0 bridgehead atoms. The van der Waals surface area contributed by atoms with Crippen molar-refractivity contribution in [3.63, 3.8) is 0 Å². The smallest absolute Gasteiger partial charge is 0.437 e. The van der Waals surface area contributed by atoms with E-state index in [1.165, 1.54) is 24.5 Å². The summed E-state index contributed by atoms with van der Waals surface area (Å²) < 4.78 is 45.1. The maximum Gasteiger partial charge on any atom is 0.573 e. The first-order chi connectivity index (χ1) is 9.48. The lowest BCUT2D eigenvalue weighted by atomic mass is 10.3. The van der Waals surface area contributed by atoms with Gasteiger partial charge in [0, 0.05) is 18.9 Å². The summed E-state index contributed by atoms with van der Waals surface area (Å²) in [5.74, 6) is 0.178. The maximum atomic E-state index is 12.0. The molecule has 0 atom stereocenters. The Bertz CT molecular complexity index is 573. The SMILES string of the molecule is NCc1nccnc1Oc1ccc(OC(F)(F)F)cc1. The van der Waals surface area contributed by atoms with E-state index in [2.05, 4.69) is 14.7 Å². The molecule has 0 saturated carbocycles. The first-order valence-corrected chi connectivity index (χ1v) is 5.51. The van der Waals surface area contributed by atoms with Crippen molar-refractivity contribution in [2.75, 3.05) is 0 Å². The van der Waals surface area contributed by atoms with E-state index >= 15 is 0 Å². The third-order valence-corrected chi connectivity index (χ3v) is 2.20. The fourth-order valence-electron chi connectivity index (χ4n) is 1.40. The molecule has 2 rings (SSSR count). The number of aromatic nitrogens is 2.